The van der Waals surface area contributed by atoms with Crippen molar-refractivity contribution in [2.45, 2.75) is 39.3 Å². The molecule has 3 heteroatoms. The second kappa shape index (κ2) is 7.09. The first-order valence-electron chi connectivity index (χ1n) is 7.75. The maximum atomic E-state index is 5.24. The standard InChI is InChI=1S/C17H28N2O/c1-5-18-17(12-19-11-13(2)10-14(19)3)15-6-8-16(20-4)9-7-15/h6-9,13-14,17-18H,5,10-12H2,1-4H3. The number of nitrogens with one attached hydrogen (secondary N) is 1. The molecule has 1 aromatic rings. The maximum Gasteiger partial charge on any atom is 0.118 e. The van der Waals surface area contributed by atoms with E-state index < -0.39 is 0 Å². The van der Waals surface area contributed by atoms with Crippen LogP contribution in [0.3, 0.4) is 0 Å². The summed E-state index contributed by atoms with van der Waals surface area (Å²) in [6, 6.07) is 9.56. The molecule has 0 spiro atoms. The predicted molar refractivity (Wildman–Crippen MR) is 84.2 cm³/mol. The van der Waals surface area contributed by atoms with E-state index in [2.05, 4.69) is 55.3 Å². The van der Waals surface area contributed by atoms with Crippen LogP contribution in [0.25, 0.3) is 0 Å². The molecule has 0 aliphatic carbocycles. The molecule has 0 bridgehead atoms. The van der Waals surface area contributed by atoms with Crippen LogP contribution in [0.2, 0.25) is 0 Å². The van der Waals surface area contributed by atoms with Gasteiger partial charge in [-0.3, -0.25) is 4.90 Å². The van der Waals surface area contributed by atoms with E-state index in [4.69, 9.17) is 4.74 Å². The summed E-state index contributed by atoms with van der Waals surface area (Å²) in [6.45, 7) is 10.2. The van der Waals surface area contributed by atoms with Gasteiger partial charge in [-0.2, -0.15) is 0 Å². The summed E-state index contributed by atoms with van der Waals surface area (Å²) in [5, 5.41) is 3.62. The summed E-state index contributed by atoms with van der Waals surface area (Å²) in [5.41, 5.74) is 1.35. The lowest BCUT2D eigenvalue weighted by atomic mass is 10.1. The highest BCUT2D eigenvalue weighted by Crippen LogP contribution is 2.26. The lowest BCUT2D eigenvalue weighted by Gasteiger charge is -2.28. The molecule has 20 heavy (non-hydrogen) atoms. The zero-order valence-electron chi connectivity index (χ0n) is 13.2. The smallest absolute Gasteiger partial charge is 0.118 e. The highest BCUT2D eigenvalue weighted by molar-refractivity contribution is 5.29. The molecule has 112 valence electrons. The normalized spacial score (nSPS) is 24.8. The molecule has 3 atom stereocenters. The first-order chi connectivity index (χ1) is 9.63. The van der Waals surface area contributed by atoms with E-state index in [1.54, 1.807) is 7.11 Å². The van der Waals surface area contributed by atoms with Gasteiger partial charge in [0.2, 0.25) is 0 Å². The Kier molecular flexibility index (Phi) is 5.44. The van der Waals surface area contributed by atoms with E-state index in [9.17, 15) is 0 Å². The number of likely N-dealkylation sites (N-methyl/N-ethyl adjacent to an activating group) is 1. The fourth-order valence-electron chi connectivity index (χ4n) is 3.25. The van der Waals surface area contributed by atoms with E-state index >= 15 is 0 Å². The number of nitrogens with zero attached hydrogens (tertiary/aromatic N) is 1. The Balaban J connectivity index is 2.05. The Labute approximate surface area is 123 Å². The van der Waals surface area contributed by atoms with Crippen molar-refractivity contribution < 1.29 is 4.74 Å². The minimum absolute atomic E-state index is 0.402. The van der Waals surface area contributed by atoms with Crippen LogP contribution in [0.5, 0.6) is 5.75 Å². The van der Waals surface area contributed by atoms with Gasteiger partial charge in [-0.25, -0.2) is 0 Å². The summed E-state index contributed by atoms with van der Waals surface area (Å²) in [5.74, 6) is 1.75. The monoisotopic (exact) mass is 276 g/mol. The summed E-state index contributed by atoms with van der Waals surface area (Å²) in [7, 11) is 1.71. The van der Waals surface area contributed by atoms with Crippen molar-refractivity contribution in [1.29, 1.82) is 0 Å². The molecule has 3 nitrogen and oxygen atoms in total. The quantitative estimate of drug-likeness (QED) is 0.864. The van der Waals surface area contributed by atoms with Crippen LogP contribution in [0.1, 0.15) is 38.8 Å². The van der Waals surface area contributed by atoms with Crippen LogP contribution < -0.4 is 10.1 Å². The first-order valence-corrected chi connectivity index (χ1v) is 7.75. The number of methoxy groups -OCH3 is 1. The van der Waals surface area contributed by atoms with Gasteiger partial charge in [-0.15, -0.1) is 0 Å². The van der Waals surface area contributed by atoms with Gasteiger partial charge in [-0.05, 0) is 43.5 Å². The summed E-state index contributed by atoms with van der Waals surface area (Å²) >= 11 is 0. The van der Waals surface area contributed by atoms with Crippen LogP contribution >= 0.6 is 0 Å². The number of ether oxygens (including phenoxy) is 1. The van der Waals surface area contributed by atoms with E-state index in [1.165, 1.54) is 18.5 Å². The fourth-order valence-corrected chi connectivity index (χ4v) is 3.25. The molecule has 1 aliphatic heterocycles. The molecular weight excluding hydrogens is 248 g/mol. The van der Waals surface area contributed by atoms with Crippen LogP contribution in [0.15, 0.2) is 24.3 Å². The summed E-state index contributed by atoms with van der Waals surface area (Å²) < 4.78 is 5.24. The molecule has 1 saturated heterocycles. The van der Waals surface area contributed by atoms with Gasteiger partial charge in [0.25, 0.3) is 0 Å². The fraction of sp³-hybridized carbons (Fsp3) is 0.647. The molecule has 0 radical (unpaired) electrons. The van der Waals surface area contributed by atoms with Crippen molar-refractivity contribution in [1.82, 2.24) is 10.2 Å². The molecule has 0 saturated carbocycles. The molecule has 1 fully saturated rings. The lowest BCUT2D eigenvalue weighted by molar-refractivity contribution is 0.235. The SMILES string of the molecule is CCNC(CN1CC(C)CC1C)c1ccc(OC)cc1. The Morgan fingerprint density at radius 3 is 2.50 bits per heavy atom. The van der Waals surface area contributed by atoms with E-state index in [1.807, 2.05) is 0 Å². The van der Waals surface area contributed by atoms with E-state index in [-0.39, 0.29) is 0 Å². The Morgan fingerprint density at radius 2 is 2.00 bits per heavy atom. The molecular formula is C17H28N2O. The molecule has 2 rings (SSSR count). The van der Waals surface area contributed by atoms with Crippen molar-refractivity contribution in [3.8, 4) is 5.75 Å². The van der Waals surface area contributed by atoms with Crippen LogP contribution in [-0.2, 0) is 0 Å². The number of benzene rings is 1. The predicted octanol–water partition coefficient (Wildman–Crippen LogP) is 3.08. The third kappa shape index (κ3) is 3.74. The minimum Gasteiger partial charge on any atom is -0.497 e. The van der Waals surface area contributed by atoms with Gasteiger partial charge in [0.15, 0.2) is 0 Å². The van der Waals surface area contributed by atoms with Gasteiger partial charge in [0.1, 0.15) is 5.75 Å². The van der Waals surface area contributed by atoms with Crippen LogP contribution in [0.4, 0.5) is 0 Å². The second-order valence-corrected chi connectivity index (χ2v) is 6.03. The second-order valence-electron chi connectivity index (χ2n) is 6.03. The Hall–Kier alpha value is -1.06. The average Bonchev–Trinajstić information content (AvgIpc) is 2.76. The van der Waals surface area contributed by atoms with Crippen molar-refractivity contribution in [3.05, 3.63) is 29.8 Å². The average molecular weight is 276 g/mol. The molecule has 0 amide bonds. The van der Waals surface area contributed by atoms with Crippen molar-refractivity contribution in [2.75, 3.05) is 26.7 Å². The highest BCUT2D eigenvalue weighted by atomic mass is 16.5. The Bertz CT molecular complexity index is 404. The zero-order chi connectivity index (χ0) is 14.5. The van der Waals surface area contributed by atoms with Crippen molar-refractivity contribution in [2.24, 2.45) is 5.92 Å². The van der Waals surface area contributed by atoms with Crippen LogP contribution in [0, 0.1) is 5.92 Å². The van der Waals surface area contributed by atoms with Gasteiger partial charge >= 0.3 is 0 Å². The number of rotatable bonds is 6. The van der Waals surface area contributed by atoms with Gasteiger partial charge in [-0.1, -0.05) is 26.0 Å². The molecule has 1 N–H and O–H groups in total. The minimum atomic E-state index is 0.402. The van der Waals surface area contributed by atoms with Gasteiger partial charge in [0, 0.05) is 25.2 Å². The van der Waals surface area contributed by atoms with Gasteiger partial charge < -0.3 is 10.1 Å². The van der Waals surface area contributed by atoms with E-state index in [0.717, 1.165) is 24.8 Å². The largest absolute Gasteiger partial charge is 0.497 e. The lowest BCUT2D eigenvalue weighted by Crippen LogP contribution is -2.37. The third-order valence-electron chi connectivity index (χ3n) is 4.30. The third-order valence-corrected chi connectivity index (χ3v) is 4.30. The zero-order valence-corrected chi connectivity index (χ0v) is 13.2. The summed E-state index contributed by atoms with van der Waals surface area (Å²) in [4.78, 5) is 2.61. The number of likely N-dealkylation sites (tertiary alicyclic amines) is 1. The van der Waals surface area contributed by atoms with Gasteiger partial charge in [0.05, 0.1) is 7.11 Å². The van der Waals surface area contributed by atoms with E-state index in [0.29, 0.717) is 12.1 Å². The molecule has 1 aromatic carbocycles. The molecule has 1 heterocycles. The van der Waals surface area contributed by atoms with Crippen molar-refractivity contribution in [3.63, 3.8) is 0 Å². The van der Waals surface area contributed by atoms with Crippen molar-refractivity contribution >= 4 is 0 Å². The topological polar surface area (TPSA) is 24.5 Å². The maximum absolute atomic E-state index is 5.24. The number of hydrogen-bond donors (Lipinski definition) is 1. The Morgan fingerprint density at radius 1 is 1.30 bits per heavy atom. The molecule has 0 aromatic heterocycles. The summed E-state index contributed by atoms with van der Waals surface area (Å²) in [6.07, 6.45) is 1.32. The first kappa shape index (κ1) is 15.3. The van der Waals surface area contributed by atoms with Crippen LogP contribution in [-0.4, -0.2) is 37.7 Å². The molecule has 3 unspecified atom stereocenters. The molecule has 1 aliphatic rings. The number of hydrogen-bond acceptors (Lipinski definition) is 3. The highest BCUT2D eigenvalue weighted by Gasteiger charge is 2.28.